The first-order valence-corrected chi connectivity index (χ1v) is 7.04. The van der Waals surface area contributed by atoms with Crippen LogP contribution in [-0.2, 0) is 6.42 Å². The number of nitrogens with two attached hydrogens (primary N) is 1. The van der Waals surface area contributed by atoms with Crippen molar-refractivity contribution >= 4 is 11.3 Å². The molecule has 3 aromatic heterocycles. The van der Waals surface area contributed by atoms with Crippen molar-refractivity contribution in [3.63, 3.8) is 0 Å². The molecule has 0 amide bonds. The van der Waals surface area contributed by atoms with Gasteiger partial charge in [0.15, 0.2) is 0 Å². The number of hydrogen-bond donors (Lipinski definition) is 1. The molecule has 21 heavy (non-hydrogen) atoms. The maximum absolute atomic E-state index is 5.50. The number of aromatic nitrogens is 5. The lowest BCUT2D eigenvalue weighted by atomic mass is 10.4. The Labute approximate surface area is 124 Å². The van der Waals surface area contributed by atoms with Gasteiger partial charge in [0, 0.05) is 17.9 Å². The van der Waals surface area contributed by atoms with Crippen LogP contribution in [0.5, 0.6) is 5.88 Å². The van der Waals surface area contributed by atoms with Crippen molar-refractivity contribution in [2.45, 2.75) is 6.42 Å². The number of methoxy groups -OCH3 is 1. The Morgan fingerprint density at radius 2 is 2.14 bits per heavy atom. The van der Waals surface area contributed by atoms with Gasteiger partial charge in [0.1, 0.15) is 11.4 Å². The van der Waals surface area contributed by atoms with Crippen LogP contribution in [0.4, 0.5) is 0 Å². The molecule has 0 aliphatic heterocycles. The van der Waals surface area contributed by atoms with Crippen molar-refractivity contribution in [1.82, 2.24) is 25.3 Å². The van der Waals surface area contributed by atoms with Crippen LogP contribution >= 0.6 is 11.3 Å². The maximum Gasteiger partial charge on any atom is 0.277 e. The highest BCUT2D eigenvalue weighted by molar-refractivity contribution is 7.09. The van der Waals surface area contributed by atoms with E-state index in [-0.39, 0.29) is 0 Å². The topological polar surface area (TPSA) is 113 Å². The molecule has 3 heterocycles. The smallest absolute Gasteiger partial charge is 0.277 e. The van der Waals surface area contributed by atoms with E-state index in [0.717, 1.165) is 11.4 Å². The minimum Gasteiger partial charge on any atom is -0.480 e. The Balaban J connectivity index is 1.84. The summed E-state index contributed by atoms with van der Waals surface area (Å²) in [6, 6.07) is 3.39. The quantitative estimate of drug-likeness (QED) is 0.747. The first-order valence-electron chi connectivity index (χ1n) is 6.17. The van der Waals surface area contributed by atoms with E-state index in [9.17, 15) is 0 Å². The van der Waals surface area contributed by atoms with Gasteiger partial charge in [-0.05, 0) is 12.6 Å². The van der Waals surface area contributed by atoms with E-state index in [1.165, 1.54) is 18.4 Å². The summed E-state index contributed by atoms with van der Waals surface area (Å²) >= 11 is 1.52. The predicted octanol–water partition coefficient (Wildman–Crippen LogP) is 1.16. The van der Waals surface area contributed by atoms with E-state index in [1.807, 2.05) is 5.38 Å². The summed E-state index contributed by atoms with van der Waals surface area (Å²) < 4.78 is 10.2. The normalized spacial score (nSPS) is 10.8. The molecule has 3 aromatic rings. The van der Waals surface area contributed by atoms with Crippen LogP contribution in [0.25, 0.3) is 23.1 Å². The maximum atomic E-state index is 5.50. The molecule has 0 saturated heterocycles. The zero-order valence-electron chi connectivity index (χ0n) is 11.2. The van der Waals surface area contributed by atoms with Gasteiger partial charge in [0.05, 0.1) is 12.1 Å². The van der Waals surface area contributed by atoms with Crippen LogP contribution in [0.1, 0.15) is 5.01 Å². The summed E-state index contributed by atoms with van der Waals surface area (Å²) in [7, 11) is 1.53. The average molecular weight is 304 g/mol. The number of ether oxygens (including phenoxy) is 1. The number of hydrogen-bond acceptors (Lipinski definition) is 9. The van der Waals surface area contributed by atoms with Gasteiger partial charge in [-0.25, -0.2) is 4.98 Å². The Bertz CT molecular complexity index is 723. The minimum atomic E-state index is 0.349. The molecule has 0 saturated carbocycles. The molecule has 0 aliphatic rings. The molecule has 108 valence electrons. The molecule has 0 bridgehead atoms. The Morgan fingerprint density at radius 3 is 2.86 bits per heavy atom. The van der Waals surface area contributed by atoms with Crippen LogP contribution in [0.15, 0.2) is 22.0 Å². The van der Waals surface area contributed by atoms with Crippen LogP contribution in [0, 0.1) is 0 Å². The molecule has 0 radical (unpaired) electrons. The Hall–Kier alpha value is -2.39. The second-order valence-electron chi connectivity index (χ2n) is 4.05. The van der Waals surface area contributed by atoms with Crippen molar-refractivity contribution in [3.05, 3.63) is 22.5 Å². The zero-order valence-corrected chi connectivity index (χ0v) is 12.0. The lowest BCUT2D eigenvalue weighted by Gasteiger charge is -1.96. The van der Waals surface area contributed by atoms with Gasteiger partial charge in [-0.2, -0.15) is 4.98 Å². The van der Waals surface area contributed by atoms with Crippen molar-refractivity contribution in [2.75, 3.05) is 13.7 Å². The number of nitrogens with zero attached hydrogens (tertiary/aromatic N) is 5. The van der Waals surface area contributed by atoms with Gasteiger partial charge < -0.3 is 15.0 Å². The minimum absolute atomic E-state index is 0.349. The van der Waals surface area contributed by atoms with Crippen LogP contribution in [0.2, 0.25) is 0 Å². The largest absolute Gasteiger partial charge is 0.480 e. The van der Waals surface area contributed by atoms with E-state index in [2.05, 4.69) is 25.3 Å². The monoisotopic (exact) mass is 304 g/mol. The zero-order chi connectivity index (χ0) is 14.7. The molecular weight excluding hydrogens is 292 g/mol. The molecule has 9 heteroatoms. The number of thiazole rings is 1. The highest BCUT2D eigenvalue weighted by Gasteiger charge is 2.14. The standard InChI is InChI=1S/C12H12N6O2S/c1-19-9-3-2-7(16-17-9)11-15-12(20-18-11)8-6-21-10(14-8)4-5-13/h2-3,6H,4-5,13H2,1H3. The highest BCUT2D eigenvalue weighted by Crippen LogP contribution is 2.23. The first kappa shape index (κ1) is 13.6. The van der Waals surface area contributed by atoms with Crippen molar-refractivity contribution < 1.29 is 9.26 Å². The van der Waals surface area contributed by atoms with Crippen molar-refractivity contribution in [1.29, 1.82) is 0 Å². The van der Waals surface area contributed by atoms with E-state index < -0.39 is 0 Å². The molecule has 8 nitrogen and oxygen atoms in total. The van der Waals surface area contributed by atoms with E-state index in [4.69, 9.17) is 15.0 Å². The molecular formula is C12H12N6O2S. The van der Waals surface area contributed by atoms with Crippen LogP contribution in [0.3, 0.4) is 0 Å². The summed E-state index contributed by atoms with van der Waals surface area (Å²) in [4.78, 5) is 8.66. The van der Waals surface area contributed by atoms with E-state index in [1.54, 1.807) is 12.1 Å². The number of rotatable bonds is 5. The van der Waals surface area contributed by atoms with Crippen molar-refractivity contribution in [3.8, 4) is 29.0 Å². The van der Waals surface area contributed by atoms with Gasteiger partial charge in [-0.3, -0.25) is 0 Å². The van der Waals surface area contributed by atoms with Gasteiger partial charge in [-0.15, -0.1) is 21.5 Å². The molecule has 0 unspecified atom stereocenters. The molecule has 0 fully saturated rings. The molecule has 0 atom stereocenters. The summed E-state index contributed by atoms with van der Waals surface area (Å²) in [6.07, 6.45) is 0.732. The molecule has 3 rings (SSSR count). The molecule has 0 aliphatic carbocycles. The van der Waals surface area contributed by atoms with Gasteiger partial charge >= 0.3 is 0 Å². The van der Waals surface area contributed by atoms with Gasteiger partial charge in [-0.1, -0.05) is 5.16 Å². The molecule has 2 N–H and O–H groups in total. The predicted molar refractivity (Wildman–Crippen MR) is 75.7 cm³/mol. The van der Waals surface area contributed by atoms with Crippen LogP contribution in [-0.4, -0.2) is 39.0 Å². The lowest BCUT2D eigenvalue weighted by molar-refractivity contribution is 0.392. The van der Waals surface area contributed by atoms with Gasteiger partial charge in [0.2, 0.25) is 11.7 Å². The lowest BCUT2D eigenvalue weighted by Crippen LogP contribution is -2.01. The first-order chi connectivity index (χ1) is 10.3. The van der Waals surface area contributed by atoms with E-state index in [0.29, 0.717) is 35.5 Å². The third kappa shape index (κ3) is 2.88. The highest BCUT2D eigenvalue weighted by atomic mass is 32.1. The fraction of sp³-hybridized carbons (Fsp3) is 0.250. The fourth-order valence-corrected chi connectivity index (χ4v) is 2.42. The fourth-order valence-electron chi connectivity index (χ4n) is 1.63. The summed E-state index contributed by atoms with van der Waals surface area (Å²) in [5, 5.41) is 14.5. The SMILES string of the molecule is COc1ccc(-c2noc(-c3csc(CCN)n3)n2)nn1. The third-order valence-electron chi connectivity index (χ3n) is 2.63. The molecule has 0 spiro atoms. The second kappa shape index (κ2) is 5.94. The van der Waals surface area contributed by atoms with E-state index >= 15 is 0 Å². The van der Waals surface area contributed by atoms with Crippen molar-refractivity contribution in [2.24, 2.45) is 5.73 Å². The average Bonchev–Trinajstić information content (AvgIpc) is 3.16. The van der Waals surface area contributed by atoms with Gasteiger partial charge in [0.25, 0.3) is 5.89 Å². The summed E-state index contributed by atoms with van der Waals surface area (Å²) in [5.74, 6) is 1.13. The summed E-state index contributed by atoms with van der Waals surface area (Å²) in [6.45, 7) is 0.559. The summed E-state index contributed by atoms with van der Waals surface area (Å²) in [5.41, 5.74) is 6.65. The Kier molecular flexibility index (Phi) is 3.84. The van der Waals surface area contributed by atoms with Crippen LogP contribution < -0.4 is 10.5 Å². The Morgan fingerprint density at radius 1 is 1.24 bits per heavy atom. The second-order valence-corrected chi connectivity index (χ2v) is 4.99. The third-order valence-corrected chi connectivity index (χ3v) is 3.54. The molecule has 0 aromatic carbocycles.